The fraction of sp³-hybridized carbons (Fsp3) is 0. The highest BCUT2D eigenvalue weighted by atomic mass is 16.3. The minimum absolute atomic E-state index is 0.603. The van der Waals surface area contributed by atoms with Gasteiger partial charge in [-0.15, -0.1) is 0 Å². The van der Waals surface area contributed by atoms with Gasteiger partial charge in [0.15, 0.2) is 11.4 Å². The summed E-state index contributed by atoms with van der Waals surface area (Å²) in [7, 11) is 0. The van der Waals surface area contributed by atoms with Crippen molar-refractivity contribution in [3.63, 3.8) is 0 Å². The molecule has 49 heavy (non-hydrogen) atoms. The van der Waals surface area contributed by atoms with Crippen LogP contribution in [-0.4, -0.2) is 14.5 Å². The van der Waals surface area contributed by atoms with E-state index in [0.29, 0.717) is 5.82 Å². The highest BCUT2D eigenvalue weighted by Gasteiger charge is 2.23. The number of nitrogens with zero attached hydrogens (tertiary/aromatic N) is 3. The van der Waals surface area contributed by atoms with Crippen molar-refractivity contribution < 1.29 is 8.83 Å². The maximum Gasteiger partial charge on any atom is 0.164 e. The van der Waals surface area contributed by atoms with Crippen molar-refractivity contribution in [2.75, 3.05) is 0 Å². The third kappa shape index (κ3) is 3.70. The van der Waals surface area contributed by atoms with Crippen LogP contribution in [0, 0.1) is 0 Å². The topological polar surface area (TPSA) is 57.0 Å². The molecule has 11 rings (SSSR count). The zero-order valence-corrected chi connectivity index (χ0v) is 26.1. The summed E-state index contributed by atoms with van der Waals surface area (Å²) in [5.74, 6) is 0.603. The van der Waals surface area contributed by atoms with E-state index < -0.39 is 0 Å². The first-order valence-corrected chi connectivity index (χ1v) is 16.4. The van der Waals surface area contributed by atoms with Crippen LogP contribution >= 0.6 is 0 Å². The van der Waals surface area contributed by atoms with Gasteiger partial charge >= 0.3 is 0 Å². The number of para-hydroxylation sites is 4. The first-order valence-electron chi connectivity index (χ1n) is 16.4. The van der Waals surface area contributed by atoms with Crippen molar-refractivity contribution >= 4 is 76.6 Å². The Bertz CT molecular complexity index is 3100. The van der Waals surface area contributed by atoms with Crippen molar-refractivity contribution in [2.45, 2.75) is 0 Å². The summed E-state index contributed by atoms with van der Waals surface area (Å²) in [4.78, 5) is 10.5. The lowest BCUT2D eigenvalue weighted by atomic mass is 10.0. The quantitative estimate of drug-likeness (QED) is 0.196. The molecule has 0 bridgehead atoms. The van der Waals surface area contributed by atoms with Gasteiger partial charge in [0.25, 0.3) is 0 Å². The van der Waals surface area contributed by atoms with Gasteiger partial charge in [-0.25, -0.2) is 9.97 Å². The van der Waals surface area contributed by atoms with E-state index in [2.05, 4.69) is 114 Å². The summed E-state index contributed by atoms with van der Waals surface area (Å²) >= 11 is 0. The molecule has 0 spiro atoms. The average Bonchev–Trinajstić information content (AvgIpc) is 3.85. The van der Waals surface area contributed by atoms with E-state index in [0.717, 1.165) is 93.7 Å². The molecular weight excluding hydrogens is 603 g/mol. The van der Waals surface area contributed by atoms with Gasteiger partial charge in [0.2, 0.25) is 0 Å². The van der Waals surface area contributed by atoms with Gasteiger partial charge < -0.3 is 13.4 Å². The Labute approximate surface area is 279 Å². The van der Waals surface area contributed by atoms with Crippen LogP contribution in [0.15, 0.2) is 160 Å². The van der Waals surface area contributed by atoms with Crippen molar-refractivity contribution in [1.82, 2.24) is 14.5 Å². The fourth-order valence-electron chi connectivity index (χ4n) is 7.65. The van der Waals surface area contributed by atoms with Crippen molar-refractivity contribution in [2.24, 2.45) is 0 Å². The maximum absolute atomic E-state index is 6.99. The Morgan fingerprint density at radius 1 is 0.449 bits per heavy atom. The van der Waals surface area contributed by atoms with E-state index in [9.17, 15) is 0 Å². The number of fused-ring (bicyclic) bond motifs is 12. The average molecular weight is 628 g/mol. The Kier molecular flexibility index (Phi) is 5.32. The number of rotatable bonds is 3. The number of furan rings is 2. The van der Waals surface area contributed by atoms with E-state index in [-0.39, 0.29) is 0 Å². The molecule has 0 aliphatic heterocycles. The summed E-state index contributed by atoms with van der Waals surface area (Å²) in [5, 5.41) is 7.44. The number of hydrogen-bond acceptors (Lipinski definition) is 4. The normalized spacial score (nSPS) is 12.1. The molecule has 5 nitrogen and oxygen atoms in total. The molecule has 0 N–H and O–H groups in total. The molecular formula is C44H25N3O2. The highest BCUT2D eigenvalue weighted by Crippen LogP contribution is 2.43. The molecule has 4 aromatic heterocycles. The Hall–Kier alpha value is -6.72. The summed E-state index contributed by atoms with van der Waals surface area (Å²) < 4.78 is 15.8. The zero-order chi connectivity index (χ0) is 32.1. The van der Waals surface area contributed by atoms with Crippen LogP contribution in [-0.2, 0) is 0 Å². The SMILES string of the molecule is c1ccc(-c2nc(-c3cccc4c3oc3c4ccc4c5ccccc5n(-c5ccccc5)c43)nc3ccc4c5ccccc5oc4c23)cc1. The van der Waals surface area contributed by atoms with E-state index in [4.69, 9.17) is 18.8 Å². The molecule has 0 aliphatic carbocycles. The van der Waals surface area contributed by atoms with Crippen LogP contribution < -0.4 is 0 Å². The lowest BCUT2D eigenvalue weighted by Crippen LogP contribution is -1.96. The summed E-state index contributed by atoms with van der Waals surface area (Å²) in [6.07, 6.45) is 0. The van der Waals surface area contributed by atoms with Gasteiger partial charge in [-0.05, 0) is 48.5 Å². The molecule has 228 valence electrons. The van der Waals surface area contributed by atoms with Crippen molar-refractivity contribution in [3.05, 3.63) is 152 Å². The second kappa shape index (κ2) is 9.89. The van der Waals surface area contributed by atoms with E-state index in [1.807, 2.05) is 42.5 Å². The van der Waals surface area contributed by atoms with Gasteiger partial charge in [0.1, 0.15) is 16.7 Å². The summed E-state index contributed by atoms with van der Waals surface area (Å²) in [6.45, 7) is 0. The smallest absolute Gasteiger partial charge is 0.164 e. The second-order valence-corrected chi connectivity index (χ2v) is 12.5. The molecule has 0 saturated heterocycles. The molecule has 0 fully saturated rings. The predicted octanol–water partition coefficient (Wildman–Crippen LogP) is 11.9. The van der Waals surface area contributed by atoms with E-state index in [1.165, 1.54) is 5.39 Å². The van der Waals surface area contributed by atoms with Crippen LogP contribution in [0.3, 0.4) is 0 Å². The lowest BCUT2D eigenvalue weighted by Gasteiger charge is -2.10. The molecule has 0 amide bonds. The fourth-order valence-corrected chi connectivity index (χ4v) is 7.65. The first-order chi connectivity index (χ1) is 24.3. The van der Waals surface area contributed by atoms with Gasteiger partial charge in [-0.3, -0.25) is 0 Å². The molecule has 7 aromatic carbocycles. The van der Waals surface area contributed by atoms with Gasteiger partial charge in [0, 0.05) is 43.6 Å². The molecule has 4 heterocycles. The molecule has 0 radical (unpaired) electrons. The van der Waals surface area contributed by atoms with Crippen molar-refractivity contribution in [3.8, 4) is 28.3 Å². The third-order valence-electron chi connectivity index (χ3n) is 9.81. The molecule has 5 heteroatoms. The molecule has 0 aliphatic rings. The van der Waals surface area contributed by atoms with Gasteiger partial charge in [0.05, 0.1) is 33.2 Å². The lowest BCUT2D eigenvalue weighted by molar-refractivity contribution is 0.671. The van der Waals surface area contributed by atoms with Crippen LogP contribution in [0.4, 0.5) is 0 Å². The largest absolute Gasteiger partial charge is 0.455 e. The van der Waals surface area contributed by atoms with E-state index in [1.54, 1.807) is 0 Å². The second-order valence-electron chi connectivity index (χ2n) is 12.5. The number of aromatic nitrogens is 3. The molecule has 11 aromatic rings. The minimum Gasteiger partial charge on any atom is -0.455 e. The standard InChI is InChI=1S/C44H25N3O2/c1-3-12-26(13-4-1)39-38-35(25-24-32-29-17-8-10-21-37(29)48-42(32)38)45-44(46-39)34-19-11-18-31-33-23-22-30-28-16-7-9-20-36(28)47(27-14-5-2-6-15-27)40(30)43(33)49-41(31)34/h1-25H. The van der Waals surface area contributed by atoms with Crippen LogP contribution in [0.5, 0.6) is 0 Å². The highest BCUT2D eigenvalue weighted by molar-refractivity contribution is 6.23. The minimum atomic E-state index is 0.603. The molecule has 0 unspecified atom stereocenters. The van der Waals surface area contributed by atoms with Crippen LogP contribution in [0.1, 0.15) is 0 Å². The predicted molar refractivity (Wildman–Crippen MR) is 199 cm³/mol. The summed E-state index contributed by atoms with van der Waals surface area (Å²) in [6, 6.07) is 52.3. The van der Waals surface area contributed by atoms with Crippen molar-refractivity contribution in [1.29, 1.82) is 0 Å². The maximum atomic E-state index is 6.99. The first kappa shape index (κ1) is 26.4. The zero-order valence-electron chi connectivity index (χ0n) is 26.1. The van der Waals surface area contributed by atoms with Gasteiger partial charge in [-0.1, -0.05) is 103 Å². The third-order valence-corrected chi connectivity index (χ3v) is 9.81. The van der Waals surface area contributed by atoms with E-state index >= 15 is 0 Å². The molecule has 0 saturated carbocycles. The number of benzene rings is 7. The van der Waals surface area contributed by atoms with Crippen LogP contribution in [0.25, 0.3) is 105 Å². The number of hydrogen-bond donors (Lipinski definition) is 0. The van der Waals surface area contributed by atoms with Crippen LogP contribution in [0.2, 0.25) is 0 Å². The Balaban J connectivity index is 1.23. The monoisotopic (exact) mass is 627 g/mol. The summed E-state index contributed by atoms with van der Waals surface area (Å²) in [5.41, 5.74) is 9.99. The Morgan fingerprint density at radius 2 is 1.12 bits per heavy atom. The Morgan fingerprint density at radius 3 is 2.00 bits per heavy atom. The molecule has 0 atom stereocenters. The van der Waals surface area contributed by atoms with Gasteiger partial charge in [-0.2, -0.15) is 0 Å².